The van der Waals surface area contributed by atoms with Gasteiger partial charge in [-0.25, -0.2) is 9.97 Å². The van der Waals surface area contributed by atoms with Crippen molar-refractivity contribution < 1.29 is 9.47 Å². The lowest BCUT2D eigenvalue weighted by atomic mass is 10.0. The third-order valence-electron chi connectivity index (χ3n) is 3.30. The fourth-order valence-electron chi connectivity index (χ4n) is 2.28. The van der Waals surface area contributed by atoms with Crippen LogP contribution in [0.3, 0.4) is 0 Å². The molecular weight excluding hydrogens is 242 g/mol. The van der Waals surface area contributed by atoms with Gasteiger partial charge in [0.2, 0.25) is 0 Å². The molecule has 2 heterocycles. The Kier molecular flexibility index (Phi) is 5.69. The van der Waals surface area contributed by atoms with Gasteiger partial charge in [-0.05, 0) is 6.42 Å². The Hall–Kier alpha value is -1.04. The van der Waals surface area contributed by atoms with E-state index < -0.39 is 0 Å². The Morgan fingerprint density at radius 3 is 2.89 bits per heavy atom. The first-order chi connectivity index (χ1) is 9.35. The molecule has 2 rings (SSSR count). The molecule has 0 saturated heterocycles. The van der Waals surface area contributed by atoms with E-state index in [0.717, 1.165) is 38.2 Å². The molecule has 0 amide bonds. The number of rotatable bonds is 7. The average molecular weight is 265 g/mol. The third kappa shape index (κ3) is 3.96. The van der Waals surface area contributed by atoms with Crippen LogP contribution in [0, 0.1) is 0 Å². The van der Waals surface area contributed by atoms with E-state index >= 15 is 0 Å². The molecule has 0 spiro atoms. The van der Waals surface area contributed by atoms with Crippen LogP contribution < -0.4 is 5.32 Å². The zero-order valence-electron chi connectivity index (χ0n) is 11.9. The molecule has 0 atom stereocenters. The number of nitrogens with zero attached hydrogens (tertiary/aromatic N) is 2. The first kappa shape index (κ1) is 14.4. The number of methoxy groups -OCH3 is 1. The van der Waals surface area contributed by atoms with Crippen molar-refractivity contribution >= 4 is 0 Å². The minimum atomic E-state index is 0.631. The third-order valence-corrected chi connectivity index (χ3v) is 3.30. The summed E-state index contributed by atoms with van der Waals surface area (Å²) < 4.78 is 10.4. The maximum Gasteiger partial charge on any atom is 0.131 e. The number of fused-ring (bicyclic) bond motifs is 1. The second-order valence-corrected chi connectivity index (χ2v) is 4.65. The Morgan fingerprint density at radius 2 is 2.11 bits per heavy atom. The first-order valence-electron chi connectivity index (χ1n) is 7.00. The molecule has 0 bridgehead atoms. The number of nitrogens with one attached hydrogen (secondary N) is 1. The van der Waals surface area contributed by atoms with Crippen molar-refractivity contribution in [3.8, 4) is 0 Å². The lowest BCUT2D eigenvalue weighted by Crippen LogP contribution is -2.27. The number of aryl methyl sites for hydroxylation is 1. The van der Waals surface area contributed by atoms with Crippen molar-refractivity contribution in [2.24, 2.45) is 0 Å². The lowest BCUT2D eigenvalue weighted by molar-refractivity contribution is 0.0716. The molecule has 1 N–H and O–H groups in total. The highest BCUT2D eigenvalue weighted by molar-refractivity contribution is 5.28. The van der Waals surface area contributed by atoms with Gasteiger partial charge in [-0.15, -0.1) is 0 Å². The molecule has 106 valence electrons. The topological polar surface area (TPSA) is 56.3 Å². The highest BCUT2D eigenvalue weighted by Crippen LogP contribution is 2.16. The Morgan fingerprint density at radius 1 is 1.21 bits per heavy atom. The highest BCUT2D eigenvalue weighted by atomic mass is 16.5. The molecular formula is C14H23N3O2. The average Bonchev–Trinajstić information content (AvgIpc) is 2.46. The van der Waals surface area contributed by atoms with Gasteiger partial charge >= 0.3 is 0 Å². The Labute approximate surface area is 114 Å². The van der Waals surface area contributed by atoms with Crippen LogP contribution in [-0.4, -0.2) is 43.4 Å². The molecule has 0 unspecified atom stereocenters. The quantitative estimate of drug-likeness (QED) is 0.742. The molecule has 0 aromatic carbocycles. The zero-order valence-corrected chi connectivity index (χ0v) is 11.9. The van der Waals surface area contributed by atoms with E-state index in [-0.39, 0.29) is 0 Å². The summed E-state index contributed by atoms with van der Waals surface area (Å²) >= 11 is 0. The van der Waals surface area contributed by atoms with Crippen LogP contribution in [0.15, 0.2) is 0 Å². The van der Waals surface area contributed by atoms with E-state index in [4.69, 9.17) is 9.47 Å². The van der Waals surface area contributed by atoms with Crippen molar-refractivity contribution in [3.05, 3.63) is 22.8 Å². The molecule has 0 saturated carbocycles. The largest absolute Gasteiger partial charge is 0.382 e. The molecule has 5 nitrogen and oxygen atoms in total. The normalized spacial score (nSPS) is 14.4. The standard InChI is InChI=1S/C14H23N3O2/c1-3-12-11-10-15-6-4-13(11)17-14(16-12)5-7-19-9-8-18-2/h15H,3-10H2,1-2H3. The van der Waals surface area contributed by atoms with Gasteiger partial charge in [0.15, 0.2) is 0 Å². The van der Waals surface area contributed by atoms with Gasteiger partial charge in [0.1, 0.15) is 5.82 Å². The highest BCUT2D eigenvalue weighted by Gasteiger charge is 2.16. The van der Waals surface area contributed by atoms with Gasteiger partial charge in [0, 0.05) is 44.3 Å². The molecule has 1 aromatic heterocycles. The second kappa shape index (κ2) is 7.53. The van der Waals surface area contributed by atoms with Gasteiger partial charge in [-0.3, -0.25) is 0 Å². The maximum absolute atomic E-state index is 5.48. The Balaban J connectivity index is 1.97. The summed E-state index contributed by atoms with van der Waals surface area (Å²) in [4.78, 5) is 9.34. The van der Waals surface area contributed by atoms with Crippen molar-refractivity contribution in [2.75, 3.05) is 33.5 Å². The van der Waals surface area contributed by atoms with Crippen LogP contribution in [0.2, 0.25) is 0 Å². The first-order valence-corrected chi connectivity index (χ1v) is 7.00. The SMILES string of the molecule is CCc1nc(CCOCCOC)nc2c1CNCC2. The van der Waals surface area contributed by atoms with Crippen LogP contribution in [-0.2, 0) is 35.3 Å². The van der Waals surface area contributed by atoms with Gasteiger partial charge in [-0.2, -0.15) is 0 Å². The fraction of sp³-hybridized carbons (Fsp3) is 0.714. The van der Waals surface area contributed by atoms with Gasteiger partial charge in [0.25, 0.3) is 0 Å². The summed E-state index contributed by atoms with van der Waals surface area (Å²) in [5.41, 5.74) is 3.71. The second-order valence-electron chi connectivity index (χ2n) is 4.65. The summed E-state index contributed by atoms with van der Waals surface area (Å²) in [5, 5.41) is 3.38. The monoisotopic (exact) mass is 265 g/mol. The molecule has 0 fully saturated rings. The van der Waals surface area contributed by atoms with E-state index in [2.05, 4.69) is 22.2 Å². The number of hydrogen-bond acceptors (Lipinski definition) is 5. The summed E-state index contributed by atoms with van der Waals surface area (Å²) in [6.45, 7) is 5.99. The van der Waals surface area contributed by atoms with Crippen molar-refractivity contribution in [1.82, 2.24) is 15.3 Å². The van der Waals surface area contributed by atoms with E-state index in [9.17, 15) is 0 Å². The molecule has 0 aliphatic carbocycles. The number of hydrogen-bond donors (Lipinski definition) is 1. The van der Waals surface area contributed by atoms with Crippen LogP contribution in [0.25, 0.3) is 0 Å². The predicted molar refractivity (Wildman–Crippen MR) is 73.2 cm³/mol. The van der Waals surface area contributed by atoms with E-state index in [0.29, 0.717) is 19.8 Å². The minimum Gasteiger partial charge on any atom is -0.382 e. The molecule has 1 aromatic rings. The van der Waals surface area contributed by atoms with Gasteiger partial charge < -0.3 is 14.8 Å². The van der Waals surface area contributed by atoms with E-state index in [1.54, 1.807) is 7.11 Å². The van der Waals surface area contributed by atoms with Crippen molar-refractivity contribution in [3.63, 3.8) is 0 Å². The predicted octanol–water partition coefficient (Wildman–Crippen LogP) is 0.890. The summed E-state index contributed by atoms with van der Waals surface area (Å²) in [7, 11) is 1.68. The van der Waals surface area contributed by atoms with E-state index in [1.165, 1.54) is 17.0 Å². The molecule has 0 radical (unpaired) electrons. The van der Waals surface area contributed by atoms with Crippen LogP contribution >= 0.6 is 0 Å². The number of ether oxygens (including phenoxy) is 2. The summed E-state index contributed by atoms with van der Waals surface area (Å²) in [6, 6.07) is 0. The van der Waals surface area contributed by atoms with Gasteiger partial charge in [0.05, 0.1) is 25.5 Å². The lowest BCUT2D eigenvalue weighted by Gasteiger charge is -2.19. The van der Waals surface area contributed by atoms with Crippen LogP contribution in [0.4, 0.5) is 0 Å². The van der Waals surface area contributed by atoms with E-state index in [1.807, 2.05) is 0 Å². The molecule has 1 aliphatic heterocycles. The van der Waals surface area contributed by atoms with Crippen molar-refractivity contribution in [1.29, 1.82) is 0 Å². The van der Waals surface area contributed by atoms with Crippen molar-refractivity contribution in [2.45, 2.75) is 32.7 Å². The molecule has 19 heavy (non-hydrogen) atoms. The summed E-state index contributed by atoms with van der Waals surface area (Å²) in [6.07, 6.45) is 2.74. The minimum absolute atomic E-state index is 0.631. The van der Waals surface area contributed by atoms with Gasteiger partial charge in [-0.1, -0.05) is 6.92 Å². The number of aromatic nitrogens is 2. The fourth-order valence-corrected chi connectivity index (χ4v) is 2.28. The summed E-state index contributed by atoms with van der Waals surface area (Å²) in [5.74, 6) is 0.912. The maximum atomic E-state index is 5.48. The van der Waals surface area contributed by atoms with Crippen LogP contribution in [0.5, 0.6) is 0 Å². The molecule has 1 aliphatic rings. The Bertz CT molecular complexity index is 393. The smallest absolute Gasteiger partial charge is 0.131 e. The molecule has 5 heteroatoms. The van der Waals surface area contributed by atoms with Crippen LogP contribution in [0.1, 0.15) is 29.7 Å². The zero-order chi connectivity index (χ0) is 13.5.